The quantitative estimate of drug-likeness (QED) is 0.630. The third kappa shape index (κ3) is 6.51. The van der Waals surface area contributed by atoms with E-state index in [0.717, 1.165) is 19.6 Å². The van der Waals surface area contributed by atoms with Crippen molar-refractivity contribution in [2.24, 2.45) is 5.92 Å². The van der Waals surface area contributed by atoms with E-state index in [1.807, 2.05) is 0 Å². The first-order valence-corrected chi connectivity index (χ1v) is 7.64. The lowest BCUT2D eigenvalue weighted by atomic mass is 9.91. The zero-order valence-corrected chi connectivity index (χ0v) is 13.1. The Morgan fingerprint density at radius 2 is 1.85 bits per heavy atom. The Morgan fingerprint density at radius 3 is 2.50 bits per heavy atom. The minimum Gasteiger partial charge on any atom is -0.382 e. The lowest BCUT2D eigenvalue weighted by Crippen LogP contribution is -2.27. The second-order valence-electron chi connectivity index (χ2n) is 5.17. The molecule has 2 unspecified atom stereocenters. The molecule has 0 amide bonds. The van der Waals surface area contributed by atoms with Crippen LogP contribution in [0.3, 0.4) is 0 Å². The Morgan fingerprint density at radius 1 is 1.10 bits per heavy atom. The maximum Gasteiger partial charge on any atom is 0.0700 e. The van der Waals surface area contributed by atoms with Crippen LogP contribution in [0.1, 0.15) is 38.3 Å². The van der Waals surface area contributed by atoms with Gasteiger partial charge in [-0.25, -0.2) is 0 Å². The van der Waals surface area contributed by atoms with Crippen LogP contribution in [0.15, 0.2) is 30.3 Å². The summed E-state index contributed by atoms with van der Waals surface area (Å²) in [6, 6.07) is 11.1. The number of benzene rings is 1. The predicted molar refractivity (Wildman–Crippen MR) is 84.0 cm³/mol. The molecule has 0 aromatic heterocycles. The molecule has 114 valence electrons. The van der Waals surface area contributed by atoms with Crippen LogP contribution in [0.5, 0.6) is 0 Å². The highest BCUT2D eigenvalue weighted by molar-refractivity contribution is 5.19. The molecule has 20 heavy (non-hydrogen) atoms. The summed E-state index contributed by atoms with van der Waals surface area (Å²) >= 11 is 0. The fourth-order valence-electron chi connectivity index (χ4n) is 2.45. The third-order valence-corrected chi connectivity index (χ3v) is 3.53. The van der Waals surface area contributed by atoms with Gasteiger partial charge in [-0.05, 0) is 30.9 Å². The first-order chi connectivity index (χ1) is 9.79. The van der Waals surface area contributed by atoms with Gasteiger partial charge in [0.05, 0.1) is 13.2 Å². The normalized spacial score (nSPS) is 14.2. The second kappa shape index (κ2) is 10.8. The van der Waals surface area contributed by atoms with E-state index in [0.29, 0.717) is 25.2 Å². The van der Waals surface area contributed by atoms with E-state index in [9.17, 15) is 0 Å². The maximum atomic E-state index is 5.52. The molecule has 0 aliphatic carbocycles. The first kappa shape index (κ1) is 17.2. The highest BCUT2D eigenvalue weighted by atomic mass is 16.5. The average Bonchev–Trinajstić information content (AvgIpc) is 2.49. The van der Waals surface area contributed by atoms with E-state index >= 15 is 0 Å². The van der Waals surface area contributed by atoms with E-state index in [-0.39, 0.29) is 0 Å². The lowest BCUT2D eigenvalue weighted by Gasteiger charge is -2.25. The molecule has 0 spiro atoms. The first-order valence-electron chi connectivity index (χ1n) is 7.64. The largest absolute Gasteiger partial charge is 0.382 e. The fraction of sp³-hybridized carbons (Fsp3) is 0.647. The topological polar surface area (TPSA) is 30.5 Å². The van der Waals surface area contributed by atoms with Crippen LogP contribution in [0, 0.1) is 5.92 Å². The molecule has 0 aliphatic heterocycles. The van der Waals surface area contributed by atoms with Gasteiger partial charge in [-0.2, -0.15) is 0 Å². The molecule has 0 saturated heterocycles. The summed E-state index contributed by atoms with van der Waals surface area (Å²) in [5.41, 5.74) is 1.38. The van der Waals surface area contributed by atoms with Crippen LogP contribution >= 0.6 is 0 Å². The van der Waals surface area contributed by atoms with Crippen molar-refractivity contribution in [3.63, 3.8) is 0 Å². The van der Waals surface area contributed by atoms with Gasteiger partial charge in [-0.3, -0.25) is 0 Å². The van der Waals surface area contributed by atoms with Crippen LogP contribution in [0.25, 0.3) is 0 Å². The minimum atomic E-state index is 0.431. The van der Waals surface area contributed by atoms with Crippen LogP contribution in [0.4, 0.5) is 0 Å². The molecule has 0 saturated carbocycles. The average molecular weight is 279 g/mol. The third-order valence-electron chi connectivity index (χ3n) is 3.53. The Hall–Kier alpha value is -0.900. The van der Waals surface area contributed by atoms with Gasteiger partial charge in [0, 0.05) is 19.8 Å². The van der Waals surface area contributed by atoms with Gasteiger partial charge in [0.1, 0.15) is 0 Å². The summed E-state index contributed by atoms with van der Waals surface area (Å²) in [6.07, 6.45) is 2.26. The van der Waals surface area contributed by atoms with Crippen molar-refractivity contribution in [2.45, 2.75) is 32.7 Å². The summed E-state index contributed by atoms with van der Waals surface area (Å²) in [5.74, 6) is 0.600. The molecule has 1 N–H and O–H groups in total. The molecule has 0 bridgehead atoms. The Bertz CT molecular complexity index is 329. The number of ether oxygens (including phenoxy) is 2. The van der Waals surface area contributed by atoms with Crippen molar-refractivity contribution in [3.05, 3.63) is 35.9 Å². The van der Waals surface area contributed by atoms with Crippen LogP contribution < -0.4 is 5.32 Å². The number of hydrogen-bond donors (Lipinski definition) is 1. The standard InChI is InChI=1S/C17H29NO2/c1-4-18-17(16-10-6-5-7-11-16)15(2)9-8-12-20-14-13-19-3/h5-7,10-11,15,17-18H,4,8-9,12-14H2,1-3H3. The number of hydrogen-bond acceptors (Lipinski definition) is 3. The monoisotopic (exact) mass is 279 g/mol. The Labute approximate surface area is 123 Å². The number of nitrogens with one attached hydrogen (secondary N) is 1. The molecule has 3 heteroatoms. The summed E-state index contributed by atoms with van der Waals surface area (Å²) in [5, 5.41) is 3.60. The van der Waals surface area contributed by atoms with Crippen molar-refractivity contribution in [1.29, 1.82) is 0 Å². The second-order valence-corrected chi connectivity index (χ2v) is 5.17. The van der Waals surface area contributed by atoms with Gasteiger partial charge < -0.3 is 14.8 Å². The van der Waals surface area contributed by atoms with E-state index < -0.39 is 0 Å². The van der Waals surface area contributed by atoms with Gasteiger partial charge in [0.2, 0.25) is 0 Å². The molecule has 1 aromatic carbocycles. The van der Waals surface area contributed by atoms with E-state index in [2.05, 4.69) is 49.5 Å². The van der Waals surface area contributed by atoms with Crippen LogP contribution in [0.2, 0.25) is 0 Å². The SMILES string of the molecule is CCNC(c1ccccc1)C(C)CCCOCCOC. The maximum absolute atomic E-state index is 5.52. The number of methoxy groups -OCH3 is 1. The van der Waals surface area contributed by atoms with Gasteiger partial charge in [0.15, 0.2) is 0 Å². The minimum absolute atomic E-state index is 0.431. The Balaban J connectivity index is 2.35. The zero-order valence-electron chi connectivity index (χ0n) is 13.1. The van der Waals surface area contributed by atoms with E-state index in [1.54, 1.807) is 7.11 Å². The van der Waals surface area contributed by atoms with Crippen molar-refractivity contribution < 1.29 is 9.47 Å². The molecule has 2 atom stereocenters. The van der Waals surface area contributed by atoms with Crippen molar-refractivity contribution in [1.82, 2.24) is 5.32 Å². The summed E-state index contributed by atoms with van der Waals surface area (Å²) in [7, 11) is 1.70. The van der Waals surface area contributed by atoms with Gasteiger partial charge in [0.25, 0.3) is 0 Å². The molecular formula is C17H29NO2. The molecule has 0 aliphatic rings. The Kier molecular flexibility index (Phi) is 9.29. The van der Waals surface area contributed by atoms with Crippen LogP contribution in [-0.2, 0) is 9.47 Å². The van der Waals surface area contributed by atoms with Gasteiger partial charge in [-0.1, -0.05) is 44.2 Å². The molecular weight excluding hydrogens is 250 g/mol. The summed E-state index contributed by atoms with van der Waals surface area (Å²) in [4.78, 5) is 0. The molecule has 1 aromatic rings. The van der Waals surface area contributed by atoms with Crippen molar-refractivity contribution in [2.75, 3.05) is 33.5 Å². The smallest absolute Gasteiger partial charge is 0.0700 e. The highest BCUT2D eigenvalue weighted by Crippen LogP contribution is 2.25. The molecule has 0 fully saturated rings. The summed E-state index contributed by atoms with van der Waals surface area (Å²) in [6.45, 7) is 7.67. The molecule has 1 rings (SSSR count). The lowest BCUT2D eigenvalue weighted by molar-refractivity contribution is 0.0668. The van der Waals surface area contributed by atoms with Gasteiger partial charge >= 0.3 is 0 Å². The van der Waals surface area contributed by atoms with Gasteiger partial charge in [-0.15, -0.1) is 0 Å². The fourth-order valence-corrected chi connectivity index (χ4v) is 2.45. The van der Waals surface area contributed by atoms with E-state index in [1.165, 1.54) is 12.0 Å². The molecule has 3 nitrogen and oxygen atoms in total. The van der Waals surface area contributed by atoms with Crippen LogP contribution in [-0.4, -0.2) is 33.5 Å². The molecule has 0 radical (unpaired) electrons. The number of rotatable bonds is 11. The highest BCUT2D eigenvalue weighted by Gasteiger charge is 2.17. The summed E-state index contributed by atoms with van der Waals surface area (Å²) < 4.78 is 10.5. The zero-order chi connectivity index (χ0) is 14.6. The van der Waals surface area contributed by atoms with Crippen molar-refractivity contribution in [3.8, 4) is 0 Å². The predicted octanol–water partition coefficient (Wildman–Crippen LogP) is 3.42. The molecule has 0 heterocycles. The van der Waals surface area contributed by atoms with E-state index in [4.69, 9.17) is 9.47 Å². The van der Waals surface area contributed by atoms with Crippen molar-refractivity contribution >= 4 is 0 Å².